The maximum Gasteiger partial charge on any atom is 0.0997 e. The van der Waals surface area contributed by atoms with Crippen molar-refractivity contribution < 1.29 is 5.11 Å². The highest BCUT2D eigenvalue weighted by Gasteiger charge is 1.63. The molecule has 1 N–H and O–H groups in total. The Bertz CT molecular complexity index is 85.7. The Labute approximate surface area is 40.4 Å². The van der Waals surface area contributed by atoms with Crippen LogP contribution in [0.25, 0.3) is 0 Å². The lowest BCUT2D eigenvalue weighted by atomic mass is 10.7. The first-order valence-corrected chi connectivity index (χ1v) is 2.84. The van der Waals surface area contributed by atoms with Crippen LogP contribution >= 0.6 is 0 Å². The van der Waals surface area contributed by atoms with E-state index >= 15 is 0 Å². The summed E-state index contributed by atoms with van der Waals surface area (Å²) in [4.78, 5) is 0. The summed E-state index contributed by atoms with van der Waals surface area (Å²) in [7, 11) is 0.708. The Morgan fingerprint density at radius 1 is 2.00 bits per heavy atom. The van der Waals surface area contributed by atoms with Gasteiger partial charge in [0.25, 0.3) is 0 Å². The second kappa shape index (κ2) is 2.76. The Morgan fingerprint density at radius 3 is 2.50 bits per heavy atom. The summed E-state index contributed by atoms with van der Waals surface area (Å²) in [5.74, 6) is 0. The third-order valence-corrected chi connectivity index (χ3v) is 0.642. The van der Waals surface area contributed by atoms with Gasteiger partial charge in [-0.15, -0.1) is 0 Å². The molecule has 0 bridgehead atoms. The van der Waals surface area contributed by atoms with E-state index in [1.54, 1.807) is 6.08 Å². The molecule has 0 spiro atoms. The minimum atomic E-state index is 0.373. The van der Waals surface area contributed by atoms with Crippen molar-refractivity contribution in [1.29, 1.82) is 0 Å². The van der Waals surface area contributed by atoms with E-state index < -0.39 is 0 Å². The summed E-state index contributed by atoms with van der Waals surface area (Å²) in [6.07, 6.45) is 1.70. The number of hydrogen-bond donors (Lipinski definition) is 1. The minimum Gasteiger partial charge on any atom is -0.511 e. The van der Waals surface area contributed by atoms with Gasteiger partial charge >= 0.3 is 0 Å². The monoisotopic (exact) mass is 100 g/mol. The van der Waals surface area contributed by atoms with Gasteiger partial charge in [0, 0.05) is 0 Å². The Balaban J connectivity index is 3.73. The molecular weight excluding hydrogens is 92.1 g/mol. The molecule has 0 aliphatic rings. The van der Waals surface area contributed by atoms with Gasteiger partial charge in [-0.2, -0.15) is 0 Å². The molecule has 0 saturated heterocycles. The summed E-state index contributed by atoms with van der Waals surface area (Å²) in [6, 6.07) is 0. The third-order valence-electron chi connectivity index (χ3n) is 0.353. The van der Waals surface area contributed by atoms with Crippen LogP contribution in [0.3, 0.4) is 0 Å². The summed E-state index contributed by atoms with van der Waals surface area (Å²) < 4.78 is 0. The quantitative estimate of drug-likeness (QED) is 0.256. The first-order chi connectivity index (χ1) is 2.77. The number of aliphatic hydroxyl groups excluding tert-OH is 1. The van der Waals surface area contributed by atoms with E-state index in [4.69, 9.17) is 5.11 Å². The molecule has 0 fully saturated rings. The largest absolute Gasteiger partial charge is 0.511 e. The van der Waals surface area contributed by atoms with Crippen molar-refractivity contribution in [2.75, 3.05) is 0 Å². The molecule has 0 aromatic carbocycles. The van der Waals surface area contributed by atoms with Crippen molar-refractivity contribution in [1.82, 2.24) is 0 Å². The zero-order valence-corrected chi connectivity index (χ0v) is 6.02. The molecule has 2 heteroatoms. The van der Waals surface area contributed by atoms with E-state index in [0.717, 1.165) is 0 Å². The van der Waals surface area contributed by atoms with Crippen LogP contribution in [0.5, 0.6) is 0 Å². The number of rotatable bonds is 0. The Hall–Kier alpha value is -0.463. The molecule has 0 amide bonds. The van der Waals surface area contributed by atoms with E-state index in [-0.39, 0.29) is 0 Å². The summed E-state index contributed by atoms with van der Waals surface area (Å²) in [5.41, 5.74) is 2.62. The second-order valence-electron chi connectivity index (χ2n) is 1.02. The van der Waals surface area contributed by atoms with Gasteiger partial charge in [0.15, 0.2) is 0 Å². The second-order valence-corrected chi connectivity index (χ2v) is 1.97. The van der Waals surface area contributed by atoms with Crippen LogP contribution < -0.4 is 0 Å². The van der Waals surface area contributed by atoms with Crippen molar-refractivity contribution in [3.05, 3.63) is 17.2 Å². The van der Waals surface area contributed by atoms with Crippen molar-refractivity contribution in [2.24, 2.45) is 0 Å². The summed E-state index contributed by atoms with van der Waals surface area (Å²) in [6.45, 7) is 1.83. The molecule has 0 heterocycles. The molecule has 0 aliphatic heterocycles. The van der Waals surface area contributed by atoms with E-state index in [2.05, 4.69) is 5.73 Å². The maximum atomic E-state index is 8.39. The van der Waals surface area contributed by atoms with Gasteiger partial charge in [0.1, 0.15) is 0 Å². The predicted octanol–water partition coefficient (Wildman–Crippen LogP) is -0.0738. The van der Waals surface area contributed by atoms with Crippen LogP contribution in [0.2, 0.25) is 0 Å². The number of allylic oxidation sites excluding steroid dienone is 1. The Morgan fingerprint density at radius 2 is 2.50 bits per heavy atom. The number of aliphatic hydroxyl groups is 1. The molecule has 0 aromatic rings. The SMILES string of the molecule is CC=C=C(O)[SiH3]. The molecule has 0 aromatic heterocycles. The fraction of sp³-hybridized carbons (Fsp3) is 0.250. The van der Waals surface area contributed by atoms with E-state index in [0.29, 0.717) is 15.6 Å². The van der Waals surface area contributed by atoms with Crippen molar-refractivity contribution >= 4 is 10.2 Å². The molecule has 0 saturated carbocycles. The van der Waals surface area contributed by atoms with Gasteiger partial charge in [-0.3, -0.25) is 0 Å². The first-order valence-electron chi connectivity index (χ1n) is 1.84. The first kappa shape index (κ1) is 5.54. The molecule has 6 heavy (non-hydrogen) atoms. The topological polar surface area (TPSA) is 20.2 Å². The highest BCUT2D eigenvalue weighted by Crippen LogP contribution is 1.68. The molecule has 1 nitrogen and oxygen atoms in total. The maximum absolute atomic E-state index is 8.39. The highest BCUT2D eigenvalue weighted by molar-refractivity contribution is 6.19. The predicted molar refractivity (Wildman–Crippen MR) is 29.8 cm³/mol. The van der Waals surface area contributed by atoms with Crippen LogP contribution in [-0.2, 0) is 0 Å². The molecular formula is C4H8OSi. The smallest absolute Gasteiger partial charge is 0.0997 e. The van der Waals surface area contributed by atoms with E-state index in [9.17, 15) is 0 Å². The lowest BCUT2D eigenvalue weighted by molar-refractivity contribution is 0.453. The van der Waals surface area contributed by atoms with Crippen molar-refractivity contribution in [3.8, 4) is 0 Å². The van der Waals surface area contributed by atoms with Crippen LogP contribution in [0, 0.1) is 0 Å². The van der Waals surface area contributed by atoms with Gasteiger partial charge in [-0.25, -0.2) is 0 Å². The van der Waals surface area contributed by atoms with E-state index in [1.165, 1.54) is 0 Å². The van der Waals surface area contributed by atoms with Crippen LogP contribution in [0.4, 0.5) is 0 Å². The standard InChI is InChI=1S/C4H8OSi/c1-2-3-4(5)6/h2,5H,1,6H3. The molecule has 0 aliphatic carbocycles. The van der Waals surface area contributed by atoms with Crippen molar-refractivity contribution in [3.63, 3.8) is 0 Å². The summed E-state index contributed by atoms with van der Waals surface area (Å²) >= 11 is 0. The highest BCUT2D eigenvalue weighted by atomic mass is 28.1. The van der Waals surface area contributed by atoms with Gasteiger partial charge in [0.2, 0.25) is 0 Å². The van der Waals surface area contributed by atoms with Gasteiger partial charge in [-0.1, -0.05) is 5.73 Å². The van der Waals surface area contributed by atoms with Crippen molar-refractivity contribution in [2.45, 2.75) is 6.92 Å². The van der Waals surface area contributed by atoms with Crippen LogP contribution in [-0.4, -0.2) is 15.3 Å². The molecule has 0 atom stereocenters. The molecule has 34 valence electrons. The minimum absolute atomic E-state index is 0.373. The third kappa shape index (κ3) is 3.54. The number of hydrogen-bond acceptors (Lipinski definition) is 1. The van der Waals surface area contributed by atoms with E-state index in [1.807, 2.05) is 6.92 Å². The van der Waals surface area contributed by atoms with Gasteiger partial charge < -0.3 is 5.11 Å². The molecule has 0 unspecified atom stereocenters. The normalized spacial score (nSPS) is 6.83. The fourth-order valence-corrected chi connectivity index (χ4v) is 0.498. The zero-order valence-electron chi connectivity index (χ0n) is 4.02. The Kier molecular flexibility index (Phi) is 2.54. The zero-order chi connectivity index (χ0) is 4.99. The van der Waals surface area contributed by atoms with Crippen LogP contribution in [0.1, 0.15) is 6.92 Å². The average Bonchev–Trinajstić information content (AvgIpc) is 1.35. The van der Waals surface area contributed by atoms with Gasteiger partial charge in [-0.05, 0) is 13.0 Å². The van der Waals surface area contributed by atoms with Gasteiger partial charge in [0.05, 0.1) is 15.6 Å². The molecule has 0 rings (SSSR count). The average molecular weight is 100 g/mol. The van der Waals surface area contributed by atoms with Crippen LogP contribution in [0.15, 0.2) is 17.2 Å². The lowest BCUT2D eigenvalue weighted by Crippen LogP contribution is -1.68. The fourth-order valence-electron chi connectivity index (χ4n) is 0.209. The summed E-state index contributed by atoms with van der Waals surface area (Å²) in [5, 5.41) is 8.76. The molecule has 0 radical (unpaired) electrons. The lowest BCUT2D eigenvalue weighted by Gasteiger charge is -1.71.